The van der Waals surface area contributed by atoms with Gasteiger partial charge in [-0.1, -0.05) is 0 Å². The molecule has 2 aliphatic heterocycles. The molecule has 2 saturated heterocycles. The molecule has 0 aliphatic carbocycles. The number of carbonyl (C=O) groups is 1. The Hall–Kier alpha value is -2.00. The summed E-state index contributed by atoms with van der Waals surface area (Å²) in [4.78, 5) is 22.6. The minimum absolute atomic E-state index is 0.0669. The molecule has 9 heteroatoms. The summed E-state index contributed by atoms with van der Waals surface area (Å²) < 4.78 is 38.2. The Morgan fingerprint density at radius 2 is 1.96 bits per heavy atom. The van der Waals surface area contributed by atoms with Gasteiger partial charge in [0, 0.05) is 25.6 Å². The number of fused-ring (bicyclic) bond motifs is 1. The van der Waals surface area contributed by atoms with Gasteiger partial charge in [0.2, 0.25) is 15.9 Å². The molecule has 7 nitrogen and oxygen atoms in total. The lowest BCUT2D eigenvalue weighted by Crippen LogP contribution is -2.44. The van der Waals surface area contributed by atoms with Crippen molar-refractivity contribution in [3.63, 3.8) is 0 Å². The van der Waals surface area contributed by atoms with Crippen molar-refractivity contribution in [2.24, 2.45) is 5.92 Å². The molecule has 1 unspecified atom stereocenters. The van der Waals surface area contributed by atoms with Crippen LogP contribution in [0.5, 0.6) is 0 Å². The van der Waals surface area contributed by atoms with Crippen LogP contribution in [0.4, 0.5) is 4.39 Å². The monoisotopic (exact) mass is 394 g/mol. The van der Waals surface area contributed by atoms with E-state index >= 15 is 0 Å². The van der Waals surface area contributed by atoms with Crippen molar-refractivity contribution in [1.82, 2.24) is 19.2 Å². The number of sulfonamides is 1. The van der Waals surface area contributed by atoms with E-state index in [1.54, 1.807) is 6.07 Å². The van der Waals surface area contributed by atoms with Gasteiger partial charge in [0.25, 0.3) is 0 Å². The second-order valence-electron chi connectivity index (χ2n) is 7.41. The van der Waals surface area contributed by atoms with Gasteiger partial charge in [0.1, 0.15) is 11.6 Å². The molecule has 4 rings (SSSR count). The van der Waals surface area contributed by atoms with Crippen molar-refractivity contribution < 1.29 is 17.6 Å². The van der Waals surface area contributed by atoms with Crippen LogP contribution in [0.25, 0.3) is 11.0 Å². The number of rotatable bonds is 3. The molecular formula is C18H23FN4O3S. The summed E-state index contributed by atoms with van der Waals surface area (Å²) >= 11 is 0. The van der Waals surface area contributed by atoms with Crippen molar-refractivity contribution in [3.8, 4) is 0 Å². The minimum Gasteiger partial charge on any atom is -0.340 e. The molecule has 1 aromatic heterocycles. The molecule has 1 aromatic carbocycles. The predicted molar refractivity (Wildman–Crippen MR) is 98.9 cm³/mol. The summed E-state index contributed by atoms with van der Waals surface area (Å²) in [6.07, 6.45) is 4.00. The van der Waals surface area contributed by atoms with Crippen LogP contribution in [-0.2, 0) is 14.8 Å². The molecule has 0 radical (unpaired) electrons. The van der Waals surface area contributed by atoms with Crippen LogP contribution in [0, 0.1) is 11.7 Å². The molecule has 1 N–H and O–H groups in total. The third-order valence-corrected chi connectivity index (χ3v) is 6.89. The molecule has 2 fully saturated rings. The number of benzene rings is 1. The number of hydrogen-bond acceptors (Lipinski definition) is 4. The molecule has 0 saturated carbocycles. The Morgan fingerprint density at radius 3 is 2.67 bits per heavy atom. The fourth-order valence-electron chi connectivity index (χ4n) is 4.14. The maximum absolute atomic E-state index is 13.4. The first kappa shape index (κ1) is 18.4. The molecule has 0 bridgehead atoms. The van der Waals surface area contributed by atoms with E-state index in [9.17, 15) is 17.6 Å². The summed E-state index contributed by atoms with van der Waals surface area (Å²) in [5.41, 5.74) is 1.32. The van der Waals surface area contributed by atoms with Gasteiger partial charge in [-0.2, -0.15) is 0 Å². The Morgan fingerprint density at radius 1 is 1.22 bits per heavy atom. The zero-order valence-corrected chi connectivity index (χ0v) is 16.0. The van der Waals surface area contributed by atoms with E-state index in [0.29, 0.717) is 49.3 Å². The number of halogens is 1. The van der Waals surface area contributed by atoms with E-state index in [2.05, 4.69) is 9.97 Å². The molecule has 0 spiro atoms. The maximum Gasteiger partial charge on any atom is 0.226 e. The number of imidazole rings is 1. The van der Waals surface area contributed by atoms with E-state index in [0.717, 1.165) is 12.8 Å². The normalized spacial score (nSPS) is 22.6. The number of nitrogens with zero attached hydrogens (tertiary/aromatic N) is 3. The van der Waals surface area contributed by atoms with Gasteiger partial charge in [-0.3, -0.25) is 4.79 Å². The summed E-state index contributed by atoms with van der Waals surface area (Å²) in [5.74, 6) is 0.271. The number of nitrogens with one attached hydrogen (secondary N) is 1. The van der Waals surface area contributed by atoms with Gasteiger partial charge < -0.3 is 9.88 Å². The summed E-state index contributed by atoms with van der Waals surface area (Å²) in [5, 5.41) is 0. The lowest BCUT2D eigenvalue weighted by molar-refractivity contribution is -0.137. The van der Waals surface area contributed by atoms with E-state index < -0.39 is 10.0 Å². The Labute approximate surface area is 157 Å². The highest BCUT2D eigenvalue weighted by Crippen LogP contribution is 2.34. The number of carbonyl (C=O) groups excluding carboxylic acids is 1. The van der Waals surface area contributed by atoms with Crippen LogP contribution in [0.15, 0.2) is 18.2 Å². The molecule has 146 valence electrons. The second-order valence-corrected chi connectivity index (χ2v) is 9.39. The SMILES string of the molecule is CS(=O)(=O)N1CCC(C(=O)N2CCCC2c2nc3ccc(F)cc3[nH]2)CC1. The summed E-state index contributed by atoms with van der Waals surface area (Å²) in [6, 6.07) is 4.28. The Kier molecular flexibility index (Phi) is 4.67. The predicted octanol–water partition coefficient (Wildman–Crippen LogP) is 2.04. The van der Waals surface area contributed by atoms with Crippen LogP contribution in [-0.4, -0.2) is 59.4 Å². The lowest BCUT2D eigenvalue weighted by atomic mass is 9.96. The van der Waals surface area contributed by atoms with Gasteiger partial charge in [0.15, 0.2) is 0 Å². The van der Waals surface area contributed by atoms with Crippen molar-refractivity contribution in [3.05, 3.63) is 29.8 Å². The number of aromatic amines is 1. The van der Waals surface area contributed by atoms with Gasteiger partial charge in [-0.05, 0) is 43.9 Å². The zero-order chi connectivity index (χ0) is 19.2. The van der Waals surface area contributed by atoms with E-state index in [1.807, 2.05) is 4.90 Å². The van der Waals surface area contributed by atoms with Crippen LogP contribution in [0.3, 0.4) is 0 Å². The first-order valence-electron chi connectivity index (χ1n) is 9.24. The highest BCUT2D eigenvalue weighted by atomic mass is 32.2. The molecule has 2 aromatic rings. The van der Waals surface area contributed by atoms with Gasteiger partial charge >= 0.3 is 0 Å². The number of hydrogen-bond donors (Lipinski definition) is 1. The largest absolute Gasteiger partial charge is 0.340 e. The topological polar surface area (TPSA) is 86.4 Å². The number of aromatic nitrogens is 2. The average Bonchev–Trinajstić information content (AvgIpc) is 3.26. The van der Waals surface area contributed by atoms with Crippen LogP contribution in [0.1, 0.15) is 37.5 Å². The van der Waals surface area contributed by atoms with Crippen LogP contribution >= 0.6 is 0 Å². The molecule has 2 aliphatic rings. The van der Waals surface area contributed by atoms with Crippen molar-refractivity contribution in [2.75, 3.05) is 25.9 Å². The lowest BCUT2D eigenvalue weighted by Gasteiger charge is -2.33. The van der Waals surface area contributed by atoms with Crippen LogP contribution in [0.2, 0.25) is 0 Å². The highest BCUT2D eigenvalue weighted by molar-refractivity contribution is 7.88. The second kappa shape index (κ2) is 6.87. The number of amides is 1. The Balaban J connectivity index is 1.50. The summed E-state index contributed by atoms with van der Waals surface area (Å²) in [6.45, 7) is 1.44. The fourth-order valence-corrected chi connectivity index (χ4v) is 5.02. The van der Waals surface area contributed by atoms with E-state index in [4.69, 9.17) is 0 Å². The van der Waals surface area contributed by atoms with Crippen molar-refractivity contribution in [2.45, 2.75) is 31.7 Å². The number of H-pyrrole nitrogens is 1. The highest BCUT2D eigenvalue weighted by Gasteiger charge is 2.37. The third kappa shape index (κ3) is 3.58. The smallest absolute Gasteiger partial charge is 0.226 e. The van der Waals surface area contributed by atoms with Gasteiger partial charge in [-0.25, -0.2) is 22.1 Å². The maximum atomic E-state index is 13.4. The third-order valence-electron chi connectivity index (χ3n) is 5.59. The molecule has 1 atom stereocenters. The first-order chi connectivity index (χ1) is 12.8. The molecule has 3 heterocycles. The average molecular weight is 394 g/mol. The number of likely N-dealkylation sites (tertiary alicyclic amines) is 1. The van der Waals surface area contributed by atoms with E-state index in [1.165, 1.54) is 22.7 Å². The van der Waals surface area contributed by atoms with Crippen LogP contribution < -0.4 is 0 Å². The zero-order valence-electron chi connectivity index (χ0n) is 15.2. The first-order valence-corrected chi connectivity index (χ1v) is 11.1. The van der Waals surface area contributed by atoms with Crippen molar-refractivity contribution in [1.29, 1.82) is 0 Å². The molecule has 27 heavy (non-hydrogen) atoms. The molecule has 1 amide bonds. The van der Waals surface area contributed by atoms with E-state index in [-0.39, 0.29) is 23.7 Å². The fraction of sp³-hybridized carbons (Fsp3) is 0.556. The summed E-state index contributed by atoms with van der Waals surface area (Å²) in [7, 11) is -3.20. The minimum atomic E-state index is -3.20. The van der Waals surface area contributed by atoms with Gasteiger partial charge in [-0.15, -0.1) is 0 Å². The quantitative estimate of drug-likeness (QED) is 0.863. The Bertz CT molecular complexity index is 966. The standard InChI is InChI=1S/C18H23FN4O3S/c1-27(25,26)22-9-6-12(7-10-22)18(24)23-8-2-3-16(23)17-20-14-5-4-13(19)11-15(14)21-17/h4-5,11-12,16H,2-3,6-10H2,1H3,(H,20,21). The molecular weight excluding hydrogens is 371 g/mol. The van der Waals surface area contributed by atoms with Crippen molar-refractivity contribution >= 4 is 27.0 Å². The number of piperidine rings is 1. The van der Waals surface area contributed by atoms with Gasteiger partial charge in [0.05, 0.1) is 23.3 Å².